The van der Waals surface area contributed by atoms with Crippen molar-refractivity contribution in [2.24, 2.45) is 0 Å². The predicted octanol–water partition coefficient (Wildman–Crippen LogP) is 5.47. The first-order chi connectivity index (χ1) is 16.1. The first-order valence-electron chi connectivity index (χ1n) is 10.8. The summed E-state index contributed by atoms with van der Waals surface area (Å²) in [4.78, 5) is 28.8. The summed E-state index contributed by atoms with van der Waals surface area (Å²) < 4.78 is 11.5. The number of fused-ring (bicyclic) bond motifs is 1. The zero-order chi connectivity index (χ0) is 23.2. The van der Waals surface area contributed by atoms with Crippen LogP contribution in [-0.4, -0.2) is 30.0 Å². The average molecular weight is 444 g/mol. The van der Waals surface area contributed by atoms with Gasteiger partial charge in [0.05, 0.1) is 24.6 Å². The van der Waals surface area contributed by atoms with E-state index in [1.54, 1.807) is 42.5 Å². The maximum Gasteiger partial charge on any atom is 0.272 e. The quantitative estimate of drug-likeness (QED) is 0.337. The first-order valence-corrected chi connectivity index (χ1v) is 10.8. The molecule has 0 aliphatic rings. The molecule has 2 amide bonds. The molecule has 7 nitrogen and oxygen atoms in total. The van der Waals surface area contributed by atoms with E-state index in [1.807, 2.05) is 44.2 Å². The first kappa shape index (κ1) is 22.0. The SMILES string of the molecule is CCOc1cc(NC(=O)c2cc3ccccc3[nH]2)c(OCC)cc1NC(=O)c1ccccc1. The van der Waals surface area contributed by atoms with Gasteiger partial charge in [0.15, 0.2) is 0 Å². The zero-order valence-electron chi connectivity index (χ0n) is 18.5. The van der Waals surface area contributed by atoms with E-state index < -0.39 is 0 Å². The maximum absolute atomic E-state index is 12.9. The van der Waals surface area contributed by atoms with Crippen molar-refractivity contribution in [1.29, 1.82) is 0 Å². The highest BCUT2D eigenvalue weighted by Gasteiger charge is 2.18. The van der Waals surface area contributed by atoms with Crippen molar-refractivity contribution in [3.8, 4) is 11.5 Å². The summed E-state index contributed by atoms with van der Waals surface area (Å²) >= 11 is 0. The van der Waals surface area contributed by atoms with Gasteiger partial charge in [-0.2, -0.15) is 0 Å². The van der Waals surface area contributed by atoms with Crippen molar-refractivity contribution >= 4 is 34.1 Å². The van der Waals surface area contributed by atoms with Crippen LogP contribution < -0.4 is 20.1 Å². The van der Waals surface area contributed by atoms with Crippen LogP contribution in [0.15, 0.2) is 72.8 Å². The molecule has 0 unspecified atom stereocenters. The van der Waals surface area contributed by atoms with E-state index in [9.17, 15) is 9.59 Å². The van der Waals surface area contributed by atoms with Crippen LogP contribution in [0.5, 0.6) is 11.5 Å². The van der Waals surface area contributed by atoms with Gasteiger partial charge in [-0.15, -0.1) is 0 Å². The second-order valence-electron chi connectivity index (χ2n) is 7.26. The van der Waals surface area contributed by atoms with Gasteiger partial charge >= 0.3 is 0 Å². The minimum absolute atomic E-state index is 0.270. The van der Waals surface area contributed by atoms with Crippen molar-refractivity contribution in [1.82, 2.24) is 4.98 Å². The van der Waals surface area contributed by atoms with Gasteiger partial charge in [-0.05, 0) is 38.1 Å². The number of anilines is 2. The largest absolute Gasteiger partial charge is 0.492 e. The van der Waals surface area contributed by atoms with Gasteiger partial charge in [0, 0.05) is 28.6 Å². The lowest BCUT2D eigenvalue weighted by molar-refractivity contribution is 0.101. The monoisotopic (exact) mass is 443 g/mol. The predicted molar refractivity (Wildman–Crippen MR) is 129 cm³/mol. The van der Waals surface area contributed by atoms with E-state index in [1.165, 1.54) is 0 Å². The van der Waals surface area contributed by atoms with Gasteiger partial charge < -0.3 is 25.1 Å². The number of hydrogen-bond acceptors (Lipinski definition) is 4. The lowest BCUT2D eigenvalue weighted by Gasteiger charge is -2.17. The van der Waals surface area contributed by atoms with Crippen molar-refractivity contribution < 1.29 is 19.1 Å². The van der Waals surface area contributed by atoms with Gasteiger partial charge in [-0.1, -0.05) is 36.4 Å². The highest BCUT2D eigenvalue weighted by molar-refractivity contribution is 6.08. The summed E-state index contributed by atoms with van der Waals surface area (Å²) in [6.07, 6.45) is 0. The van der Waals surface area contributed by atoms with E-state index in [-0.39, 0.29) is 11.8 Å². The second-order valence-corrected chi connectivity index (χ2v) is 7.26. The summed E-state index contributed by atoms with van der Waals surface area (Å²) in [5, 5.41) is 6.72. The second kappa shape index (κ2) is 9.91. The fourth-order valence-corrected chi connectivity index (χ4v) is 3.47. The van der Waals surface area contributed by atoms with Crippen LogP contribution in [0, 0.1) is 0 Å². The number of carbonyl (C=O) groups is 2. The zero-order valence-corrected chi connectivity index (χ0v) is 18.5. The van der Waals surface area contributed by atoms with Gasteiger partial charge in [0.2, 0.25) is 0 Å². The Kier molecular flexibility index (Phi) is 6.59. The Bertz CT molecular complexity index is 1250. The van der Waals surface area contributed by atoms with Gasteiger partial charge in [0.25, 0.3) is 11.8 Å². The molecule has 0 bridgehead atoms. The third-order valence-corrected chi connectivity index (χ3v) is 4.99. The van der Waals surface area contributed by atoms with E-state index in [0.29, 0.717) is 47.3 Å². The summed E-state index contributed by atoms with van der Waals surface area (Å²) in [5.41, 5.74) is 2.73. The fourth-order valence-electron chi connectivity index (χ4n) is 3.47. The number of nitrogens with one attached hydrogen (secondary N) is 3. The summed E-state index contributed by atoms with van der Waals surface area (Å²) in [6.45, 7) is 4.47. The fraction of sp³-hybridized carbons (Fsp3) is 0.154. The Labute approximate surface area is 191 Å². The standard InChI is InChI=1S/C26H25N3O4/c1-3-32-23-16-21(29-26(31)22-14-18-12-8-9-13-19(18)27-22)24(33-4-2)15-20(23)28-25(30)17-10-6-5-7-11-17/h5-16,27H,3-4H2,1-2H3,(H,28,30)(H,29,31). The number of hydrogen-bond donors (Lipinski definition) is 3. The van der Waals surface area contributed by atoms with Crippen molar-refractivity contribution in [3.63, 3.8) is 0 Å². The van der Waals surface area contributed by atoms with E-state index in [0.717, 1.165) is 10.9 Å². The van der Waals surface area contributed by atoms with Crippen LogP contribution in [0.25, 0.3) is 10.9 Å². The number of ether oxygens (including phenoxy) is 2. The molecule has 1 heterocycles. The summed E-state index contributed by atoms with van der Waals surface area (Å²) in [7, 11) is 0. The molecule has 0 saturated carbocycles. The normalized spacial score (nSPS) is 10.6. The maximum atomic E-state index is 12.9. The summed E-state index contributed by atoms with van der Waals surface area (Å²) in [5.74, 6) is 0.274. The highest BCUT2D eigenvalue weighted by atomic mass is 16.5. The van der Waals surface area contributed by atoms with Crippen LogP contribution in [0.1, 0.15) is 34.7 Å². The van der Waals surface area contributed by atoms with Crippen molar-refractivity contribution in [2.45, 2.75) is 13.8 Å². The van der Waals surface area contributed by atoms with Crippen LogP contribution in [-0.2, 0) is 0 Å². The number of carbonyl (C=O) groups excluding carboxylic acids is 2. The molecule has 33 heavy (non-hydrogen) atoms. The number of aromatic amines is 1. The lowest BCUT2D eigenvalue weighted by atomic mass is 10.2. The molecule has 3 aromatic carbocycles. The molecule has 4 aromatic rings. The Morgan fingerprint density at radius 1 is 0.758 bits per heavy atom. The van der Waals surface area contributed by atoms with Crippen molar-refractivity contribution in [3.05, 3.63) is 84.1 Å². The van der Waals surface area contributed by atoms with Crippen molar-refractivity contribution in [2.75, 3.05) is 23.8 Å². The van der Waals surface area contributed by atoms with E-state index in [2.05, 4.69) is 15.6 Å². The molecular formula is C26H25N3O4. The topological polar surface area (TPSA) is 92.4 Å². The minimum atomic E-state index is -0.310. The molecule has 1 aromatic heterocycles. The molecule has 0 fully saturated rings. The van der Waals surface area contributed by atoms with Crippen LogP contribution in [0.4, 0.5) is 11.4 Å². The van der Waals surface area contributed by atoms with Gasteiger partial charge in [-0.3, -0.25) is 9.59 Å². The molecule has 0 atom stereocenters. The molecule has 0 saturated heterocycles. The molecule has 7 heteroatoms. The van der Waals surface area contributed by atoms with Crippen LogP contribution in [0.3, 0.4) is 0 Å². The smallest absolute Gasteiger partial charge is 0.272 e. The third kappa shape index (κ3) is 4.98. The average Bonchev–Trinajstić information content (AvgIpc) is 3.27. The number of benzene rings is 3. The molecule has 0 aliphatic carbocycles. The third-order valence-electron chi connectivity index (χ3n) is 4.99. The Hall–Kier alpha value is -4.26. The molecule has 4 rings (SSSR count). The Morgan fingerprint density at radius 3 is 1.94 bits per heavy atom. The summed E-state index contributed by atoms with van der Waals surface area (Å²) in [6, 6.07) is 21.7. The molecule has 0 aliphatic heterocycles. The molecule has 168 valence electrons. The molecule has 3 N–H and O–H groups in total. The minimum Gasteiger partial charge on any atom is -0.492 e. The number of aromatic nitrogens is 1. The lowest BCUT2D eigenvalue weighted by Crippen LogP contribution is -2.16. The highest BCUT2D eigenvalue weighted by Crippen LogP contribution is 2.37. The van der Waals surface area contributed by atoms with Gasteiger partial charge in [0.1, 0.15) is 17.2 Å². The Morgan fingerprint density at radius 2 is 1.33 bits per heavy atom. The number of rotatable bonds is 8. The molecule has 0 radical (unpaired) electrons. The van der Waals surface area contributed by atoms with Crippen LogP contribution >= 0.6 is 0 Å². The van der Waals surface area contributed by atoms with Gasteiger partial charge in [-0.25, -0.2) is 0 Å². The Balaban J connectivity index is 1.64. The number of para-hydroxylation sites is 1. The van der Waals surface area contributed by atoms with Crippen LogP contribution in [0.2, 0.25) is 0 Å². The molecular weight excluding hydrogens is 418 g/mol. The molecule has 0 spiro atoms. The van der Waals surface area contributed by atoms with E-state index >= 15 is 0 Å². The number of H-pyrrole nitrogens is 1. The number of amides is 2. The van der Waals surface area contributed by atoms with E-state index in [4.69, 9.17) is 9.47 Å².